The van der Waals surface area contributed by atoms with Gasteiger partial charge in [-0.2, -0.15) is 5.26 Å². The Morgan fingerprint density at radius 1 is 1.13 bits per heavy atom. The van der Waals surface area contributed by atoms with Gasteiger partial charge >= 0.3 is 0 Å². The third kappa shape index (κ3) is 4.81. The van der Waals surface area contributed by atoms with Crippen LogP contribution >= 0.6 is 23.2 Å². The second-order valence-corrected chi connectivity index (χ2v) is 7.03. The lowest BCUT2D eigenvalue weighted by atomic mass is 10.3. The highest BCUT2D eigenvalue weighted by molar-refractivity contribution is 7.89. The van der Waals surface area contributed by atoms with E-state index in [0.717, 1.165) is 0 Å². The van der Waals surface area contributed by atoms with Crippen molar-refractivity contribution >= 4 is 39.0 Å². The molecule has 23 heavy (non-hydrogen) atoms. The third-order valence-electron chi connectivity index (χ3n) is 2.82. The molecule has 2 aromatic rings. The molecule has 0 unspecified atom stereocenters. The lowest BCUT2D eigenvalue weighted by Gasteiger charge is -2.09. The predicted octanol–water partition coefficient (Wildman–Crippen LogP) is 2.65. The molecule has 0 bridgehead atoms. The van der Waals surface area contributed by atoms with Gasteiger partial charge in [-0.05, 0) is 30.3 Å². The minimum atomic E-state index is -3.66. The van der Waals surface area contributed by atoms with E-state index in [1.54, 1.807) is 12.1 Å². The van der Waals surface area contributed by atoms with Crippen molar-refractivity contribution in [3.8, 4) is 6.07 Å². The number of benzene rings is 1. The van der Waals surface area contributed by atoms with Crippen LogP contribution in [0.5, 0.6) is 0 Å². The lowest BCUT2D eigenvalue weighted by Crippen LogP contribution is -2.29. The molecule has 0 aliphatic carbocycles. The topological polar surface area (TPSA) is 94.9 Å². The number of anilines is 1. The van der Waals surface area contributed by atoms with Crippen LogP contribution in [0.4, 0.5) is 5.82 Å². The molecule has 2 N–H and O–H groups in total. The number of pyridine rings is 1. The quantitative estimate of drug-likeness (QED) is 0.762. The Kier molecular flexibility index (Phi) is 5.80. The molecule has 1 heterocycles. The molecule has 1 aromatic carbocycles. The molecule has 0 spiro atoms. The fraction of sp³-hybridized carbons (Fsp3) is 0.143. The molecular formula is C14H12Cl2N4O2S. The Morgan fingerprint density at radius 3 is 2.52 bits per heavy atom. The van der Waals surface area contributed by atoms with E-state index in [1.807, 2.05) is 6.07 Å². The van der Waals surface area contributed by atoms with Crippen LogP contribution in [-0.2, 0) is 10.0 Å². The van der Waals surface area contributed by atoms with Gasteiger partial charge in [0, 0.05) is 19.3 Å². The number of nitrogens with one attached hydrogen (secondary N) is 2. The minimum Gasteiger partial charge on any atom is -0.369 e. The molecule has 0 atom stereocenters. The van der Waals surface area contributed by atoms with Crippen molar-refractivity contribution in [3.05, 3.63) is 52.1 Å². The SMILES string of the molecule is N#Cc1ccc(NCCNS(=O)(=O)c2ccc(Cl)c(Cl)c2)nc1. The van der Waals surface area contributed by atoms with Crippen molar-refractivity contribution in [1.82, 2.24) is 9.71 Å². The van der Waals surface area contributed by atoms with E-state index < -0.39 is 10.0 Å². The Balaban J connectivity index is 1.89. The number of hydrogen-bond acceptors (Lipinski definition) is 5. The first-order valence-electron chi connectivity index (χ1n) is 6.47. The third-order valence-corrected chi connectivity index (χ3v) is 5.01. The van der Waals surface area contributed by atoms with Crippen LogP contribution in [0.1, 0.15) is 5.56 Å². The number of aromatic nitrogens is 1. The second-order valence-electron chi connectivity index (χ2n) is 4.44. The van der Waals surface area contributed by atoms with Crippen molar-refractivity contribution in [3.63, 3.8) is 0 Å². The molecule has 120 valence electrons. The highest BCUT2D eigenvalue weighted by atomic mass is 35.5. The van der Waals surface area contributed by atoms with Gasteiger partial charge in [-0.15, -0.1) is 0 Å². The number of nitrogens with zero attached hydrogens (tertiary/aromatic N) is 2. The molecule has 0 fully saturated rings. The summed E-state index contributed by atoms with van der Waals surface area (Å²) in [6.45, 7) is 0.490. The minimum absolute atomic E-state index is 0.0448. The fourth-order valence-corrected chi connectivity index (χ4v) is 3.09. The summed E-state index contributed by atoms with van der Waals surface area (Å²) >= 11 is 11.6. The summed E-state index contributed by atoms with van der Waals surface area (Å²) in [7, 11) is -3.66. The molecule has 0 aliphatic heterocycles. The first kappa shape index (κ1) is 17.5. The summed E-state index contributed by atoms with van der Waals surface area (Å²) in [6.07, 6.45) is 1.43. The van der Waals surface area contributed by atoms with Gasteiger partial charge < -0.3 is 5.32 Å². The molecule has 2 rings (SSSR count). The summed E-state index contributed by atoms with van der Waals surface area (Å²) < 4.78 is 26.6. The van der Waals surface area contributed by atoms with Gasteiger partial charge in [0.1, 0.15) is 11.9 Å². The smallest absolute Gasteiger partial charge is 0.240 e. The van der Waals surface area contributed by atoms with Crippen molar-refractivity contribution in [2.24, 2.45) is 0 Å². The number of rotatable bonds is 6. The van der Waals surface area contributed by atoms with Crippen molar-refractivity contribution in [1.29, 1.82) is 5.26 Å². The van der Waals surface area contributed by atoms with Crippen LogP contribution in [0.3, 0.4) is 0 Å². The molecule has 0 amide bonds. The van der Waals surface area contributed by atoms with Crippen molar-refractivity contribution in [2.45, 2.75) is 4.90 Å². The van der Waals surface area contributed by atoms with Crippen LogP contribution in [0.15, 0.2) is 41.4 Å². The maximum Gasteiger partial charge on any atom is 0.240 e. The maximum atomic E-state index is 12.1. The summed E-state index contributed by atoms with van der Waals surface area (Å²) in [5.74, 6) is 0.553. The molecule has 0 radical (unpaired) electrons. The Hall–Kier alpha value is -1.85. The molecule has 0 saturated heterocycles. The van der Waals surface area contributed by atoms with Crippen molar-refractivity contribution < 1.29 is 8.42 Å². The predicted molar refractivity (Wildman–Crippen MR) is 89.1 cm³/mol. The number of halogens is 2. The summed E-state index contributed by atoms with van der Waals surface area (Å²) in [4.78, 5) is 4.06. The van der Waals surface area contributed by atoms with Gasteiger partial charge in [0.2, 0.25) is 10.0 Å². The highest BCUT2D eigenvalue weighted by Gasteiger charge is 2.14. The first-order valence-corrected chi connectivity index (χ1v) is 8.71. The Morgan fingerprint density at radius 2 is 1.91 bits per heavy atom. The monoisotopic (exact) mass is 370 g/mol. The molecule has 9 heteroatoms. The molecule has 1 aromatic heterocycles. The number of hydrogen-bond donors (Lipinski definition) is 2. The summed E-state index contributed by atoms with van der Waals surface area (Å²) in [6, 6.07) is 9.33. The largest absolute Gasteiger partial charge is 0.369 e. The zero-order valence-corrected chi connectivity index (χ0v) is 14.1. The fourth-order valence-electron chi connectivity index (χ4n) is 1.67. The van der Waals surface area contributed by atoms with Gasteiger partial charge in [-0.3, -0.25) is 0 Å². The number of sulfonamides is 1. The average Bonchev–Trinajstić information content (AvgIpc) is 2.54. The van der Waals surface area contributed by atoms with Crippen LogP contribution in [0.2, 0.25) is 10.0 Å². The van der Waals surface area contributed by atoms with E-state index in [9.17, 15) is 8.42 Å². The molecule has 0 saturated carbocycles. The second kappa shape index (κ2) is 7.62. The zero-order chi connectivity index (χ0) is 16.9. The average molecular weight is 371 g/mol. The van der Waals surface area contributed by atoms with Crippen LogP contribution < -0.4 is 10.0 Å². The lowest BCUT2D eigenvalue weighted by molar-refractivity contribution is 0.583. The first-order chi connectivity index (χ1) is 10.9. The highest BCUT2D eigenvalue weighted by Crippen LogP contribution is 2.24. The van der Waals surface area contributed by atoms with E-state index >= 15 is 0 Å². The van der Waals surface area contributed by atoms with E-state index in [1.165, 1.54) is 24.4 Å². The van der Waals surface area contributed by atoms with Gasteiger partial charge in [0.15, 0.2) is 0 Å². The van der Waals surface area contributed by atoms with Gasteiger partial charge in [0.25, 0.3) is 0 Å². The van der Waals surface area contributed by atoms with Crippen LogP contribution in [-0.4, -0.2) is 26.5 Å². The van der Waals surface area contributed by atoms with Gasteiger partial charge in [-0.1, -0.05) is 23.2 Å². The zero-order valence-electron chi connectivity index (χ0n) is 11.8. The normalized spacial score (nSPS) is 11.0. The molecule has 6 nitrogen and oxygen atoms in total. The standard InChI is InChI=1S/C14H12Cl2N4O2S/c15-12-3-2-11(7-13(12)16)23(21,22)20-6-5-18-14-4-1-10(8-17)9-19-14/h1-4,7,9,20H,5-6H2,(H,18,19). The number of nitriles is 1. The van der Waals surface area contributed by atoms with E-state index in [4.69, 9.17) is 28.5 Å². The van der Waals surface area contributed by atoms with Gasteiger partial charge in [-0.25, -0.2) is 18.1 Å². The van der Waals surface area contributed by atoms with Crippen molar-refractivity contribution in [2.75, 3.05) is 18.4 Å². The van der Waals surface area contributed by atoms with E-state index in [2.05, 4.69) is 15.0 Å². The van der Waals surface area contributed by atoms with Crippen LogP contribution in [0.25, 0.3) is 0 Å². The van der Waals surface area contributed by atoms with E-state index in [0.29, 0.717) is 22.9 Å². The molecular weight excluding hydrogens is 359 g/mol. The summed E-state index contributed by atoms with van der Waals surface area (Å²) in [5.41, 5.74) is 0.455. The maximum absolute atomic E-state index is 12.1. The van der Waals surface area contributed by atoms with Gasteiger partial charge in [0.05, 0.1) is 20.5 Å². The Bertz CT molecular complexity index is 833. The van der Waals surface area contributed by atoms with Crippen LogP contribution in [0, 0.1) is 11.3 Å². The van der Waals surface area contributed by atoms with E-state index in [-0.39, 0.29) is 16.5 Å². The Labute approximate surface area is 144 Å². The summed E-state index contributed by atoms with van der Waals surface area (Å²) in [5, 5.41) is 12.1. The molecule has 0 aliphatic rings.